The van der Waals surface area contributed by atoms with Crippen LogP contribution in [0.2, 0.25) is 36.3 Å². The van der Waals surface area contributed by atoms with E-state index < -0.39 is 25.3 Å². The Bertz CT molecular complexity index is 618. The standard InChI is InChI=1S/C23H46Cl4O3Si2/c1-17(19(28)30-32(11,12)21(5,6)7)18(29-31(9,10)20(2,3)4)15-13-14-16-23(26,27)22(8,24)25/h17-18H,13-16H2,1-12H3/t17-,18-/m1/s1. The van der Waals surface area contributed by atoms with Gasteiger partial charge in [-0.05, 0) is 63.0 Å². The monoisotopic (exact) mass is 566 g/mol. The number of unbranched alkanes of at least 4 members (excludes halogenated alkanes) is 1. The maximum absolute atomic E-state index is 13.2. The van der Waals surface area contributed by atoms with Gasteiger partial charge in [0.2, 0.25) is 0 Å². The molecule has 0 aromatic carbocycles. The summed E-state index contributed by atoms with van der Waals surface area (Å²) < 4.78 is 10.3. The van der Waals surface area contributed by atoms with Gasteiger partial charge in [0.25, 0.3) is 14.3 Å². The number of carbonyl (C=O) groups excluding carboxylic acids is 1. The fourth-order valence-electron chi connectivity index (χ4n) is 2.53. The summed E-state index contributed by atoms with van der Waals surface area (Å²) in [6.45, 7) is 25.1. The molecule has 0 aliphatic heterocycles. The number of carbonyl (C=O) groups is 1. The van der Waals surface area contributed by atoms with Crippen LogP contribution in [0.3, 0.4) is 0 Å². The second-order valence-corrected chi connectivity index (χ2v) is 24.9. The first-order valence-corrected chi connectivity index (χ1v) is 18.8. The molecular weight excluding hydrogens is 522 g/mol. The van der Waals surface area contributed by atoms with Gasteiger partial charge in [-0.25, -0.2) is 0 Å². The summed E-state index contributed by atoms with van der Waals surface area (Å²) in [5.41, 5.74) is 0. The van der Waals surface area contributed by atoms with E-state index in [1.807, 2.05) is 6.92 Å². The Morgan fingerprint density at radius 3 is 1.62 bits per heavy atom. The van der Waals surface area contributed by atoms with Crippen molar-refractivity contribution in [3.8, 4) is 0 Å². The Labute approximate surface area is 219 Å². The van der Waals surface area contributed by atoms with Crippen LogP contribution in [0, 0.1) is 5.92 Å². The number of hydrogen-bond acceptors (Lipinski definition) is 3. The maximum atomic E-state index is 13.2. The van der Waals surface area contributed by atoms with Crippen molar-refractivity contribution in [3.05, 3.63) is 0 Å². The van der Waals surface area contributed by atoms with Crippen molar-refractivity contribution in [1.29, 1.82) is 0 Å². The van der Waals surface area contributed by atoms with Gasteiger partial charge < -0.3 is 8.85 Å². The molecule has 3 nitrogen and oxygen atoms in total. The zero-order chi connectivity index (χ0) is 26.0. The van der Waals surface area contributed by atoms with E-state index in [-0.39, 0.29) is 28.1 Å². The van der Waals surface area contributed by atoms with Crippen molar-refractivity contribution in [2.45, 2.75) is 132 Å². The van der Waals surface area contributed by atoms with Crippen LogP contribution in [0.25, 0.3) is 0 Å². The third-order valence-corrected chi connectivity index (χ3v) is 18.2. The highest BCUT2D eigenvalue weighted by Crippen LogP contribution is 2.46. The minimum absolute atomic E-state index is 0.0365. The lowest BCUT2D eigenvalue weighted by atomic mass is 9.98. The minimum Gasteiger partial charge on any atom is -0.519 e. The van der Waals surface area contributed by atoms with Gasteiger partial charge in [-0.15, -0.1) is 0 Å². The molecule has 0 saturated heterocycles. The predicted octanol–water partition coefficient (Wildman–Crippen LogP) is 9.49. The summed E-state index contributed by atoms with van der Waals surface area (Å²) >= 11 is 24.9. The molecule has 0 fully saturated rings. The van der Waals surface area contributed by atoms with E-state index in [0.717, 1.165) is 12.8 Å². The molecule has 9 heteroatoms. The fraction of sp³-hybridized carbons (Fsp3) is 0.957. The van der Waals surface area contributed by atoms with E-state index in [1.165, 1.54) is 0 Å². The smallest absolute Gasteiger partial charge is 0.297 e. The van der Waals surface area contributed by atoms with Gasteiger partial charge in [-0.3, -0.25) is 4.79 Å². The molecule has 0 aromatic rings. The van der Waals surface area contributed by atoms with Crippen LogP contribution in [0.5, 0.6) is 0 Å². The molecule has 0 spiro atoms. The van der Waals surface area contributed by atoms with E-state index >= 15 is 0 Å². The molecule has 0 aromatic heterocycles. The third kappa shape index (κ3) is 9.58. The Balaban J connectivity index is 5.46. The first-order chi connectivity index (χ1) is 13.9. The highest BCUT2D eigenvalue weighted by Gasteiger charge is 2.45. The molecule has 0 amide bonds. The summed E-state index contributed by atoms with van der Waals surface area (Å²) in [6.07, 6.45) is 2.46. The Morgan fingerprint density at radius 2 is 1.25 bits per heavy atom. The largest absolute Gasteiger partial charge is 0.519 e. The van der Waals surface area contributed by atoms with Gasteiger partial charge in [-0.2, -0.15) is 0 Å². The van der Waals surface area contributed by atoms with Crippen LogP contribution >= 0.6 is 46.4 Å². The van der Waals surface area contributed by atoms with Crippen molar-refractivity contribution in [2.24, 2.45) is 5.92 Å². The van der Waals surface area contributed by atoms with Gasteiger partial charge >= 0.3 is 0 Å². The molecule has 32 heavy (non-hydrogen) atoms. The quantitative estimate of drug-likeness (QED) is 0.141. The summed E-state index contributed by atoms with van der Waals surface area (Å²) in [4.78, 5) is 13.2. The van der Waals surface area contributed by atoms with Crippen LogP contribution in [0.1, 0.15) is 81.1 Å². The lowest BCUT2D eigenvalue weighted by Crippen LogP contribution is -2.49. The lowest BCUT2D eigenvalue weighted by Gasteiger charge is -2.42. The molecule has 0 radical (unpaired) electrons. The second kappa shape index (κ2) is 11.4. The Kier molecular flexibility index (Phi) is 11.8. The van der Waals surface area contributed by atoms with Crippen LogP contribution in [-0.4, -0.2) is 37.4 Å². The lowest BCUT2D eigenvalue weighted by molar-refractivity contribution is -0.143. The molecule has 0 saturated carbocycles. The van der Waals surface area contributed by atoms with E-state index in [2.05, 4.69) is 67.7 Å². The van der Waals surface area contributed by atoms with Crippen molar-refractivity contribution < 1.29 is 13.6 Å². The van der Waals surface area contributed by atoms with Gasteiger partial charge in [0.05, 0.1) is 12.0 Å². The summed E-state index contributed by atoms with van der Waals surface area (Å²) in [5, 5.41) is -0.00718. The fourth-order valence-corrected chi connectivity index (χ4v) is 5.41. The van der Waals surface area contributed by atoms with Crippen LogP contribution < -0.4 is 0 Å². The van der Waals surface area contributed by atoms with Crippen molar-refractivity contribution in [1.82, 2.24) is 0 Å². The van der Waals surface area contributed by atoms with Crippen molar-refractivity contribution in [3.63, 3.8) is 0 Å². The Hall–Kier alpha value is 1.02. The van der Waals surface area contributed by atoms with Gasteiger partial charge in [0, 0.05) is 0 Å². The minimum atomic E-state index is -2.21. The van der Waals surface area contributed by atoms with Gasteiger partial charge in [-0.1, -0.05) is 101 Å². The molecule has 0 aliphatic carbocycles. The summed E-state index contributed by atoms with van der Waals surface area (Å²) in [6, 6.07) is 0. The molecule has 192 valence electrons. The maximum Gasteiger partial charge on any atom is 0.297 e. The topological polar surface area (TPSA) is 35.5 Å². The molecule has 0 bridgehead atoms. The SMILES string of the molecule is C[C@@H](C(=O)O[Si](C)(C)C(C)(C)C)[C@@H](CCCCC(Cl)(Cl)C(C)(Cl)Cl)O[Si](C)(C)C(C)(C)C. The number of hydrogen-bond donors (Lipinski definition) is 0. The van der Waals surface area contributed by atoms with Crippen molar-refractivity contribution in [2.75, 3.05) is 0 Å². The molecule has 0 heterocycles. The second-order valence-electron chi connectivity index (χ2n) is 12.2. The average molecular weight is 569 g/mol. The number of halogens is 4. The normalized spacial score (nSPS) is 16.6. The molecule has 0 rings (SSSR count). The average Bonchev–Trinajstić information content (AvgIpc) is 2.53. The van der Waals surface area contributed by atoms with E-state index in [9.17, 15) is 4.79 Å². The van der Waals surface area contributed by atoms with E-state index in [0.29, 0.717) is 12.8 Å². The van der Waals surface area contributed by atoms with Crippen LogP contribution in [0.15, 0.2) is 0 Å². The summed E-state index contributed by atoms with van der Waals surface area (Å²) in [7, 11) is -4.30. The molecule has 0 N–H and O–H groups in total. The zero-order valence-electron chi connectivity index (χ0n) is 22.2. The number of alkyl halides is 4. The van der Waals surface area contributed by atoms with Gasteiger partial charge in [0.1, 0.15) is 4.33 Å². The predicted molar refractivity (Wildman–Crippen MR) is 148 cm³/mol. The first-order valence-electron chi connectivity index (χ1n) is 11.5. The van der Waals surface area contributed by atoms with Gasteiger partial charge in [0.15, 0.2) is 12.7 Å². The highest BCUT2D eigenvalue weighted by atomic mass is 35.5. The third-order valence-electron chi connectivity index (χ3n) is 7.22. The van der Waals surface area contributed by atoms with Crippen LogP contribution in [0.4, 0.5) is 0 Å². The van der Waals surface area contributed by atoms with E-state index in [4.69, 9.17) is 55.3 Å². The van der Waals surface area contributed by atoms with E-state index in [1.54, 1.807) is 6.92 Å². The first kappa shape index (κ1) is 33.0. The molecule has 2 atom stereocenters. The molecular formula is C23H46Cl4O3Si2. The molecule has 0 aliphatic rings. The molecule has 0 unspecified atom stereocenters. The summed E-state index contributed by atoms with van der Waals surface area (Å²) in [5.74, 6) is -0.528. The van der Waals surface area contributed by atoms with Crippen molar-refractivity contribution >= 4 is 69.0 Å². The van der Waals surface area contributed by atoms with Crippen LogP contribution in [-0.2, 0) is 13.6 Å². The highest BCUT2D eigenvalue weighted by molar-refractivity contribution is 6.75. The zero-order valence-corrected chi connectivity index (χ0v) is 27.2. The number of rotatable bonds is 11. The Morgan fingerprint density at radius 1 is 0.812 bits per heavy atom.